The maximum absolute atomic E-state index is 13.1. The Morgan fingerprint density at radius 3 is 2.50 bits per heavy atom. The van der Waals surface area contributed by atoms with Crippen LogP contribution < -0.4 is 5.32 Å². The molecule has 4 heteroatoms. The number of nitrogens with zero attached hydrogens (tertiary/aromatic N) is 1. The highest BCUT2D eigenvalue weighted by Gasteiger charge is 2.61. The van der Waals surface area contributed by atoms with E-state index in [1.165, 1.54) is 19.3 Å². The van der Waals surface area contributed by atoms with Gasteiger partial charge in [-0.05, 0) is 88.5 Å². The summed E-state index contributed by atoms with van der Waals surface area (Å²) in [7, 11) is 1.98. The van der Waals surface area contributed by atoms with E-state index in [9.17, 15) is 9.59 Å². The number of carbonyl (C=O) groups is 2. The van der Waals surface area contributed by atoms with Crippen LogP contribution in [0, 0.1) is 34.5 Å². The van der Waals surface area contributed by atoms with Gasteiger partial charge in [-0.2, -0.15) is 0 Å². The quantitative estimate of drug-likeness (QED) is 0.736. The van der Waals surface area contributed by atoms with Gasteiger partial charge in [-0.25, -0.2) is 0 Å². The van der Waals surface area contributed by atoms with Crippen LogP contribution in [0.5, 0.6) is 0 Å². The molecule has 7 atom stereocenters. The van der Waals surface area contributed by atoms with Gasteiger partial charge in [0.1, 0.15) is 0 Å². The van der Waals surface area contributed by atoms with E-state index in [0.29, 0.717) is 23.8 Å². The van der Waals surface area contributed by atoms with Gasteiger partial charge in [-0.15, -0.1) is 0 Å². The summed E-state index contributed by atoms with van der Waals surface area (Å²) in [4.78, 5) is 27.3. The lowest BCUT2D eigenvalue weighted by Crippen LogP contribution is -2.60. The van der Waals surface area contributed by atoms with Crippen molar-refractivity contribution in [3.63, 3.8) is 0 Å². The van der Waals surface area contributed by atoms with Crippen molar-refractivity contribution in [1.29, 1.82) is 0 Å². The van der Waals surface area contributed by atoms with Crippen molar-refractivity contribution >= 4 is 11.8 Å². The molecule has 156 valence electrons. The maximum Gasteiger partial charge on any atom is 0.246 e. The van der Waals surface area contributed by atoms with E-state index in [-0.39, 0.29) is 34.1 Å². The van der Waals surface area contributed by atoms with Crippen molar-refractivity contribution in [3.8, 4) is 0 Å². The first-order valence-corrected chi connectivity index (χ1v) is 11.3. The third kappa shape index (κ3) is 2.85. The van der Waals surface area contributed by atoms with E-state index in [2.05, 4.69) is 46.0 Å². The van der Waals surface area contributed by atoms with E-state index in [0.717, 1.165) is 19.3 Å². The Morgan fingerprint density at radius 2 is 1.82 bits per heavy atom. The molecule has 0 radical (unpaired) electrons. The molecule has 3 aliphatic carbocycles. The topological polar surface area (TPSA) is 49.4 Å². The Morgan fingerprint density at radius 1 is 1.11 bits per heavy atom. The number of hydrogen-bond acceptors (Lipinski definition) is 2. The van der Waals surface area contributed by atoms with E-state index in [4.69, 9.17) is 0 Å². The van der Waals surface area contributed by atoms with Crippen LogP contribution in [-0.2, 0) is 9.59 Å². The molecule has 1 aliphatic heterocycles. The van der Waals surface area contributed by atoms with Crippen molar-refractivity contribution in [1.82, 2.24) is 10.2 Å². The SMILES string of the molecule is CN1C(=O)C=CC2(C)C3CCC4(C)C(C(=O)NC(C)(C)C)CCC4C3CCC12. The molecule has 4 aliphatic rings. The molecule has 2 amide bonds. The maximum atomic E-state index is 13.1. The van der Waals surface area contributed by atoms with E-state index in [1.807, 2.05) is 11.9 Å². The molecule has 0 bridgehead atoms. The van der Waals surface area contributed by atoms with E-state index in [1.54, 1.807) is 6.08 Å². The van der Waals surface area contributed by atoms with Crippen molar-refractivity contribution in [2.45, 2.75) is 84.7 Å². The number of rotatable bonds is 1. The second-order valence-corrected chi connectivity index (χ2v) is 11.5. The van der Waals surface area contributed by atoms with Gasteiger partial charge in [0.05, 0.1) is 0 Å². The minimum atomic E-state index is -0.168. The molecule has 1 N–H and O–H groups in total. The van der Waals surface area contributed by atoms with Crippen LogP contribution in [0.1, 0.15) is 73.1 Å². The average Bonchev–Trinajstić information content (AvgIpc) is 2.94. The van der Waals surface area contributed by atoms with Gasteiger partial charge in [0.15, 0.2) is 0 Å². The summed E-state index contributed by atoms with van der Waals surface area (Å²) < 4.78 is 0. The molecule has 0 spiro atoms. The number of nitrogens with one attached hydrogen (secondary N) is 1. The number of amides is 2. The first-order valence-electron chi connectivity index (χ1n) is 11.3. The van der Waals surface area contributed by atoms with Crippen molar-refractivity contribution in [2.75, 3.05) is 7.05 Å². The number of carbonyl (C=O) groups excluding carboxylic acids is 2. The fourth-order valence-corrected chi connectivity index (χ4v) is 7.63. The third-order valence-corrected chi connectivity index (χ3v) is 8.94. The number of fused-ring (bicyclic) bond motifs is 5. The Hall–Kier alpha value is -1.32. The Labute approximate surface area is 170 Å². The highest BCUT2D eigenvalue weighted by Crippen LogP contribution is 2.65. The molecule has 1 heterocycles. The van der Waals surface area contributed by atoms with Crippen LogP contribution in [0.15, 0.2) is 12.2 Å². The first-order chi connectivity index (χ1) is 13.0. The summed E-state index contributed by atoms with van der Waals surface area (Å²) >= 11 is 0. The number of likely N-dealkylation sites (N-methyl/N-ethyl adjacent to an activating group) is 1. The zero-order valence-electron chi connectivity index (χ0n) is 18.5. The fourth-order valence-electron chi connectivity index (χ4n) is 7.63. The van der Waals surface area contributed by atoms with E-state index >= 15 is 0 Å². The normalized spacial score (nSPS) is 45.3. The lowest BCUT2D eigenvalue weighted by Gasteiger charge is -2.60. The van der Waals surface area contributed by atoms with Crippen LogP contribution in [0.4, 0.5) is 0 Å². The molecular weight excluding hydrogens is 348 g/mol. The van der Waals surface area contributed by atoms with Crippen LogP contribution in [-0.4, -0.2) is 35.3 Å². The molecule has 0 aromatic carbocycles. The lowest BCUT2D eigenvalue weighted by atomic mass is 9.47. The summed E-state index contributed by atoms with van der Waals surface area (Å²) in [5, 5.41) is 3.26. The zero-order valence-corrected chi connectivity index (χ0v) is 18.5. The van der Waals surface area contributed by atoms with Gasteiger partial charge in [0, 0.05) is 30.0 Å². The average molecular weight is 387 g/mol. The van der Waals surface area contributed by atoms with Crippen LogP contribution >= 0.6 is 0 Å². The minimum absolute atomic E-state index is 0.0820. The molecule has 28 heavy (non-hydrogen) atoms. The predicted octanol–water partition coefficient (Wildman–Crippen LogP) is 4.16. The smallest absolute Gasteiger partial charge is 0.246 e. The summed E-state index contributed by atoms with van der Waals surface area (Å²) in [6.07, 6.45) is 10.9. The molecule has 4 rings (SSSR count). The monoisotopic (exact) mass is 386 g/mol. The second kappa shape index (κ2) is 6.34. The minimum Gasteiger partial charge on any atom is -0.351 e. The zero-order chi connectivity index (χ0) is 20.5. The standard InChI is InChI=1S/C24H38N2O2/c1-22(2,3)25-21(28)18-9-8-16-15-7-10-19-24(5,14-12-20(27)26(19)6)17(15)11-13-23(16,18)4/h12,14-19H,7-11,13H2,1-6H3,(H,25,28). The van der Waals surface area contributed by atoms with Crippen molar-refractivity contribution < 1.29 is 9.59 Å². The van der Waals surface area contributed by atoms with Crippen LogP contribution in [0.2, 0.25) is 0 Å². The summed E-state index contributed by atoms with van der Waals surface area (Å²) in [5.74, 6) is 2.50. The number of hydrogen-bond donors (Lipinski definition) is 1. The second-order valence-electron chi connectivity index (χ2n) is 11.5. The molecule has 0 saturated heterocycles. The summed E-state index contributed by atoms with van der Waals surface area (Å²) in [6, 6.07) is 0.331. The van der Waals surface area contributed by atoms with Gasteiger partial charge >= 0.3 is 0 Å². The molecule has 0 aromatic heterocycles. The summed E-state index contributed by atoms with van der Waals surface area (Å²) in [6.45, 7) is 11.0. The molecule has 3 saturated carbocycles. The molecular formula is C24H38N2O2. The fraction of sp³-hybridized carbons (Fsp3) is 0.833. The van der Waals surface area contributed by atoms with Gasteiger partial charge < -0.3 is 10.2 Å². The largest absolute Gasteiger partial charge is 0.351 e. The van der Waals surface area contributed by atoms with Gasteiger partial charge in [-0.3, -0.25) is 9.59 Å². The molecule has 3 fully saturated rings. The predicted molar refractivity (Wildman–Crippen MR) is 111 cm³/mol. The first kappa shape index (κ1) is 20.0. The lowest BCUT2D eigenvalue weighted by molar-refractivity contribution is -0.142. The Balaban J connectivity index is 1.59. The van der Waals surface area contributed by atoms with E-state index < -0.39 is 0 Å². The Bertz CT molecular complexity index is 708. The van der Waals surface area contributed by atoms with Gasteiger partial charge in [0.2, 0.25) is 11.8 Å². The third-order valence-electron chi connectivity index (χ3n) is 8.94. The van der Waals surface area contributed by atoms with Crippen LogP contribution in [0.3, 0.4) is 0 Å². The van der Waals surface area contributed by atoms with Gasteiger partial charge in [-0.1, -0.05) is 19.9 Å². The highest BCUT2D eigenvalue weighted by atomic mass is 16.2. The van der Waals surface area contributed by atoms with Crippen LogP contribution in [0.25, 0.3) is 0 Å². The summed E-state index contributed by atoms with van der Waals surface area (Å²) in [5.41, 5.74) is 0.0384. The van der Waals surface area contributed by atoms with Crippen molar-refractivity contribution in [2.24, 2.45) is 34.5 Å². The van der Waals surface area contributed by atoms with Crippen molar-refractivity contribution in [3.05, 3.63) is 12.2 Å². The molecule has 0 aromatic rings. The highest BCUT2D eigenvalue weighted by molar-refractivity contribution is 5.89. The Kier molecular flexibility index (Phi) is 4.52. The molecule has 7 unspecified atom stereocenters. The molecule has 4 nitrogen and oxygen atoms in total. The van der Waals surface area contributed by atoms with Gasteiger partial charge in [0.25, 0.3) is 0 Å².